The Bertz CT molecular complexity index is 487. The first-order valence-corrected chi connectivity index (χ1v) is 7.77. The molecule has 0 unspecified atom stereocenters. The molecule has 2 N–H and O–H groups in total. The van der Waals surface area contributed by atoms with Gasteiger partial charge in [-0.3, -0.25) is 4.79 Å². The standard InChI is InChI=1S/C17H30N2O2/c1-12(2)19-13(3)10-15(14(19)4)16(21)18-9-7-8-17(5,6)11-20/h10,12,20H,7-9,11H2,1-6H3,(H,18,21). The molecule has 1 aromatic heterocycles. The van der Waals surface area contributed by atoms with E-state index >= 15 is 0 Å². The van der Waals surface area contributed by atoms with Crippen molar-refractivity contribution in [2.45, 2.75) is 60.4 Å². The number of amides is 1. The smallest absolute Gasteiger partial charge is 0.253 e. The van der Waals surface area contributed by atoms with Gasteiger partial charge in [0.2, 0.25) is 0 Å². The summed E-state index contributed by atoms with van der Waals surface area (Å²) in [6.45, 7) is 13.2. The molecular formula is C17H30N2O2. The Balaban J connectivity index is 2.59. The fourth-order valence-corrected chi connectivity index (χ4v) is 2.74. The summed E-state index contributed by atoms with van der Waals surface area (Å²) >= 11 is 0. The predicted molar refractivity (Wildman–Crippen MR) is 86.7 cm³/mol. The highest BCUT2D eigenvalue weighted by atomic mass is 16.3. The van der Waals surface area contributed by atoms with Gasteiger partial charge in [-0.15, -0.1) is 0 Å². The highest BCUT2D eigenvalue weighted by molar-refractivity contribution is 5.95. The van der Waals surface area contributed by atoms with Crippen LogP contribution in [0.3, 0.4) is 0 Å². The molecule has 0 aliphatic rings. The topological polar surface area (TPSA) is 54.3 Å². The van der Waals surface area contributed by atoms with Crippen LogP contribution in [0.15, 0.2) is 6.07 Å². The fraction of sp³-hybridized carbons (Fsp3) is 0.706. The quantitative estimate of drug-likeness (QED) is 0.759. The Kier molecular flexibility index (Phi) is 6.02. The van der Waals surface area contributed by atoms with Crippen LogP contribution in [-0.4, -0.2) is 28.7 Å². The summed E-state index contributed by atoms with van der Waals surface area (Å²) in [7, 11) is 0. The molecule has 21 heavy (non-hydrogen) atoms. The lowest BCUT2D eigenvalue weighted by Crippen LogP contribution is -2.26. The lowest BCUT2D eigenvalue weighted by molar-refractivity contribution is 0.0948. The van der Waals surface area contributed by atoms with Gasteiger partial charge in [0.1, 0.15) is 0 Å². The molecule has 120 valence electrons. The van der Waals surface area contributed by atoms with Crippen molar-refractivity contribution in [3.63, 3.8) is 0 Å². The largest absolute Gasteiger partial charge is 0.396 e. The van der Waals surface area contributed by atoms with Gasteiger partial charge in [-0.2, -0.15) is 0 Å². The zero-order valence-electron chi connectivity index (χ0n) is 14.3. The van der Waals surface area contributed by atoms with Crippen molar-refractivity contribution in [2.75, 3.05) is 13.2 Å². The number of rotatable bonds is 7. The summed E-state index contributed by atoms with van der Waals surface area (Å²) in [4.78, 5) is 12.3. The lowest BCUT2D eigenvalue weighted by atomic mass is 9.89. The summed E-state index contributed by atoms with van der Waals surface area (Å²) in [5.74, 6) is -0.00296. The molecular weight excluding hydrogens is 264 g/mol. The molecule has 0 aromatic carbocycles. The summed E-state index contributed by atoms with van der Waals surface area (Å²) in [5.41, 5.74) is 2.84. The van der Waals surface area contributed by atoms with E-state index < -0.39 is 0 Å². The predicted octanol–water partition coefficient (Wildman–Crippen LogP) is 3.21. The Morgan fingerprint density at radius 3 is 2.48 bits per heavy atom. The van der Waals surface area contributed by atoms with Gasteiger partial charge in [0.15, 0.2) is 0 Å². The summed E-state index contributed by atoms with van der Waals surface area (Å²) < 4.78 is 2.18. The van der Waals surface area contributed by atoms with Crippen LogP contribution in [0.1, 0.15) is 68.3 Å². The van der Waals surface area contributed by atoms with Gasteiger partial charge >= 0.3 is 0 Å². The molecule has 1 rings (SSSR count). The zero-order chi connectivity index (χ0) is 16.2. The van der Waals surface area contributed by atoms with Crippen molar-refractivity contribution >= 4 is 5.91 Å². The van der Waals surface area contributed by atoms with E-state index in [1.807, 2.05) is 33.8 Å². The minimum Gasteiger partial charge on any atom is -0.396 e. The minimum atomic E-state index is -0.0712. The highest BCUT2D eigenvalue weighted by Crippen LogP contribution is 2.21. The van der Waals surface area contributed by atoms with Crippen LogP contribution in [0, 0.1) is 19.3 Å². The van der Waals surface area contributed by atoms with Crippen LogP contribution in [-0.2, 0) is 0 Å². The number of carbonyl (C=O) groups is 1. The van der Waals surface area contributed by atoms with Gasteiger partial charge < -0.3 is 15.0 Å². The van der Waals surface area contributed by atoms with Crippen molar-refractivity contribution in [3.8, 4) is 0 Å². The van der Waals surface area contributed by atoms with E-state index in [1.54, 1.807) is 0 Å². The average molecular weight is 294 g/mol. The van der Waals surface area contributed by atoms with Crippen molar-refractivity contribution in [2.24, 2.45) is 5.41 Å². The first-order chi connectivity index (χ1) is 9.69. The monoisotopic (exact) mass is 294 g/mol. The molecule has 1 heterocycles. The molecule has 1 aromatic rings. The van der Waals surface area contributed by atoms with E-state index in [2.05, 4.69) is 23.7 Å². The highest BCUT2D eigenvalue weighted by Gasteiger charge is 2.18. The Morgan fingerprint density at radius 2 is 2.00 bits per heavy atom. The number of hydrogen-bond acceptors (Lipinski definition) is 2. The molecule has 0 saturated carbocycles. The number of hydrogen-bond donors (Lipinski definition) is 2. The first-order valence-electron chi connectivity index (χ1n) is 7.77. The summed E-state index contributed by atoms with van der Waals surface area (Å²) in [6.07, 6.45) is 1.77. The maximum absolute atomic E-state index is 12.3. The van der Waals surface area contributed by atoms with E-state index in [-0.39, 0.29) is 17.9 Å². The van der Waals surface area contributed by atoms with E-state index in [0.717, 1.165) is 29.8 Å². The number of aliphatic hydroxyl groups is 1. The van der Waals surface area contributed by atoms with Gasteiger partial charge in [0.25, 0.3) is 5.91 Å². The molecule has 4 heteroatoms. The van der Waals surface area contributed by atoms with E-state index in [1.165, 1.54) is 0 Å². The van der Waals surface area contributed by atoms with Crippen molar-refractivity contribution in [3.05, 3.63) is 23.0 Å². The zero-order valence-corrected chi connectivity index (χ0v) is 14.3. The number of carbonyl (C=O) groups excluding carboxylic acids is 1. The number of nitrogens with zero attached hydrogens (tertiary/aromatic N) is 1. The average Bonchev–Trinajstić information content (AvgIpc) is 2.70. The number of aliphatic hydroxyl groups excluding tert-OH is 1. The van der Waals surface area contributed by atoms with Crippen LogP contribution in [0.4, 0.5) is 0 Å². The van der Waals surface area contributed by atoms with Gasteiger partial charge in [0.05, 0.1) is 5.56 Å². The lowest BCUT2D eigenvalue weighted by Gasteiger charge is -2.21. The third-order valence-corrected chi connectivity index (χ3v) is 3.99. The SMILES string of the molecule is Cc1cc(C(=O)NCCCC(C)(C)CO)c(C)n1C(C)C. The molecule has 0 bridgehead atoms. The maximum Gasteiger partial charge on any atom is 0.253 e. The molecule has 0 saturated heterocycles. The number of aromatic nitrogens is 1. The maximum atomic E-state index is 12.3. The van der Waals surface area contributed by atoms with Crippen LogP contribution >= 0.6 is 0 Å². The molecule has 0 fully saturated rings. The molecule has 0 aliphatic heterocycles. The molecule has 0 spiro atoms. The summed E-state index contributed by atoms with van der Waals surface area (Å²) in [5, 5.41) is 12.2. The normalized spacial score (nSPS) is 12.0. The number of nitrogens with one attached hydrogen (secondary N) is 1. The molecule has 1 amide bonds. The molecule has 4 nitrogen and oxygen atoms in total. The van der Waals surface area contributed by atoms with Crippen molar-refractivity contribution < 1.29 is 9.90 Å². The Labute approximate surface area is 128 Å². The summed E-state index contributed by atoms with van der Waals surface area (Å²) in [6, 6.07) is 2.32. The molecule has 0 aliphatic carbocycles. The minimum absolute atomic E-state index is 0.00296. The van der Waals surface area contributed by atoms with Gasteiger partial charge in [0, 0.05) is 30.6 Å². The third kappa shape index (κ3) is 4.60. The van der Waals surface area contributed by atoms with Crippen LogP contribution < -0.4 is 5.32 Å². The second kappa shape index (κ2) is 7.12. The van der Waals surface area contributed by atoms with Crippen LogP contribution in [0.2, 0.25) is 0 Å². The molecule has 0 atom stereocenters. The molecule has 0 radical (unpaired) electrons. The second-order valence-electron chi connectivity index (χ2n) is 6.93. The van der Waals surface area contributed by atoms with Gasteiger partial charge in [-0.1, -0.05) is 13.8 Å². The van der Waals surface area contributed by atoms with E-state index in [9.17, 15) is 9.90 Å². The van der Waals surface area contributed by atoms with E-state index in [0.29, 0.717) is 12.6 Å². The van der Waals surface area contributed by atoms with E-state index in [4.69, 9.17) is 0 Å². The Morgan fingerprint density at radius 1 is 1.38 bits per heavy atom. The number of aryl methyl sites for hydroxylation is 1. The first kappa shape index (κ1) is 17.8. The van der Waals surface area contributed by atoms with Crippen LogP contribution in [0.25, 0.3) is 0 Å². The van der Waals surface area contributed by atoms with Crippen molar-refractivity contribution in [1.29, 1.82) is 0 Å². The third-order valence-electron chi connectivity index (χ3n) is 3.99. The van der Waals surface area contributed by atoms with Crippen molar-refractivity contribution in [1.82, 2.24) is 9.88 Å². The van der Waals surface area contributed by atoms with Crippen LogP contribution in [0.5, 0.6) is 0 Å². The van der Waals surface area contributed by atoms with Gasteiger partial charge in [-0.05, 0) is 52.0 Å². The van der Waals surface area contributed by atoms with Gasteiger partial charge in [-0.25, -0.2) is 0 Å². The second-order valence-corrected chi connectivity index (χ2v) is 6.93. The Hall–Kier alpha value is -1.29. The fourth-order valence-electron chi connectivity index (χ4n) is 2.74.